The second-order valence-electron chi connectivity index (χ2n) is 7.01. The van der Waals surface area contributed by atoms with Crippen molar-refractivity contribution in [2.45, 2.75) is 44.3 Å². The summed E-state index contributed by atoms with van der Waals surface area (Å²) in [6, 6.07) is 7.17. The molecule has 2 N–H and O–H groups in total. The first-order chi connectivity index (χ1) is 13.8. The van der Waals surface area contributed by atoms with Crippen molar-refractivity contribution in [3.63, 3.8) is 0 Å². The van der Waals surface area contributed by atoms with Crippen LogP contribution in [0.15, 0.2) is 33.8 Å². The average molecular weight is 558 g/mol. The van der Waals surface area contributed by atoms with Gasteiger partial charge in [0.2, 0.25) is 11.7 Å². The number of halogens is 5. The highest BCUT2D eigenvalue weighted by Gasteiger charge is 2.41. The molecule has 3 rings (SSSR count). The molecule has 11 heteroatoms. The fraction of sp³-hybridized carbons (Fsp3) is 0.526. The van der Waals surface area contributed by atoms with E-state index < -0.39 is 12.1 Å². The molecule has 0 bridgehead atoms. The summed E-state index contributed by atoms with van der Waals surface area (Å²) in [5.74, 6) is 0.289. The smallest absolute Gasteiger partial charge is 0.356 e. The molecule has 0 atom stereocenters. The number of benzene rings is 1. The van der Waals surface area contributed by atoms with Gasteiger partial charge < -0.3 is 15.2 Å². The van der Waals surface area contributed by atoms with Gasteiger partial charge in [0.1, 0.15) is 0 Å². The lowest BCUT2D eigenvalue weighted by molar-refractivity contribution is -0.182. The highest BCUT2D eigenvalue weighted by Crippen LogP contribution is 2.37. The van der Waals surface area contributed by atoms with E-state index in [1.165, 1.54) is 0 Å². The molecule has 1 heterocycles. The molecule has 0 aliphatic heterocycles. The number of nitrogens with zero attached hydrogens (tertiary/aromatic N) is 3. The van der Waals surface area contributed by atoms with Crippen LogP contribution in [-0.4, -0.2) is 41.9 Å². The van der Waals surface area contributed by atoms with Crippen LogP contribution in [0.25, 0.3) is 11.4 Å². The zero-order valence-electron chi connectivity index (χ0n) is 16.4. The van der Waals surface area contributed by atoms with E-state index in [9.17, 15) is 13.2 Å². The minimum absolute atomic E-state index is 0. The van der Waals surface area contributed by atoms with E-state index in [1.54, 1.807) is 19.2 Å². The van der Waals surface area contributed by atoms with Gasteiger partial charge >= 0.3 is 6.18 Å². The zero-order chi connectivity index (χ0) is 20.9. The first-order valence-corrected chi connectivity index (χ1v) is 9.85. The largest absolute Gasteiger partial charge is 0.391 e. The maximum absolute atomic E-state index is 12.8. The van der Waals surface area contributed by atoms with Gasteiger partial charge in [0.15, 0.2) is 5.96 Å². The van der Waals surface area contributed by atoms with Gasteiger partial charge in [-0.15, -0.1) is 24.0 Å². The van der Waals surface area contributed by atoms with Crippen LogP contribution in [0.2, 0.25) is 5.02 Å². The van der Waals surface area contributed by atoms with E-state index in [0.29, 0.717) is 48.5 Å². The van der Waals surface area contributed by atoms with Crippen LogP contribution in [0.4, 0.5) is 13.2 Å². The van der Waals surface area contributed by atoms with Crippen molar-refractivity contribution in [3.8, 4) is 11.4 Å². The Morgan fingerprint density at radius 2 is 2.00 bits per heavy atom. The number of rotatable bonds is 5. The Bertz CT molecular complexity index is 838. The summed E-state index contributed by atoms with van der Waals surface area (Å²) in [6.45, 7) is 0.495. The van der Waals surface area contributed by atoms with Crippen molar-refractivity contribution >= 4 is 41.5 Å². The molecule has 1 aliphatic carbocycles. The third-order valence-electron chi connectivity index (χ3n) is 4.94. The van der Waals surface area contributed by atoms with E-state index in [-0.39, 0.29) is 42.9 Å². The van der Waals surface area contributed by atoms with E-state index in [1.807, 2.05) is 12.1 Å². The second kappa shape index (κ2) is 11.2. The minimum Gasteiger partial charge on any atom is -0.356 e. The first kappa shape index (κ1) is 24.7. The molecular formula is C19H24ClF3IN5O. The molecule has 6 nitrogen and oxygen atoms in total. The molecule has 0 saturated heterocycles. The molecule has 1 saturated carbocycles. The van der Waals surface area contributed by atoms with Gasteiger partial charge in [-0.25, -0.2) is 0 Å². The number of alkyl halides is 3. The van der Waals surface area contributed by atoms with E-state index >= 15 is 0 Å². The Kier molecular flexibility index (Phi) is 9.20. The summed E-state index contributed by atoms with van der Waals surface area (Å²) >= 11 is 5.97. The van der Waals surface area contributed by atoms with E-state index in [4.69, 9.17) is 16.1 Å². The summed E-state index contributed by atoms with van der Waals surface area (Å²) < 4.78 is 43.6. The summed E-state index contributed by atoms with van der Waals surface area (Å²) in [7, 11) is 1.63. The monoisotopic (exact) mass is 557 g/mol. The minimum atomic E-state index is -4.10. The van der Waals surface area contributed by atoms with Crippen molar-refractivity contribution in [2.75, 3.05) is 13.6 Å². The van der Waals surface area contributed by atoms with Crippen LogP contribution in [-0.2, 0) is 6.42 Å². The summed E-state index contributed by atoms with van der Waals surface area (Å²) in [5, 5.41) is 10.9. The van der Waals surface area contributed by atoms with E-state index in [2.05, 4.69) is 25.8 Å². The van der Waals surface area contributed by atoms with Crippen LogP contribution < -0.4 is 10.6 Å². The van der Waals surface area contributed by atoms with E-state index in [0.717, 1.165) is 5.56 Å². The van der Waals surface area contributed by atoms with Gasteiger partial charge in [0.25, 0.3) is 0 Å². The lowest BCUT2D eigenvalue weighted by Crippen LogP contribution is -2.46. The third kappa shape index (κ3) is 7.00. The second-order valence-corrected chi connectivity index (χ2v) is 7.44. The number of aliphatic imine (C=N–C) groups is 1. The van der Waals surface area contributed by atoms with Crippen molar-refractivity contribution < 1.29 is 17.7 Å². The zero-order valence-corrected chi connectivity index (χ0v) is 19.5. The van der Waals surface area contributed by atoms with Gasteiger partial charge in [0, 0.05) is 36.6 Å². The first-order valence-electron chi connectivity index (χ1n) is 9.47. The molecule has 1 aromatic carbocycles. The molecule has 0 radical (unpaired) electrons. The Balaban J connectivity index is 0.00000320. The Hall–Kier alpha value is -1.56. The fourth-order valence-corrected chi connectivity index (χ4v) is 3.53. The van der Waals surface area contributed by atoms with Crippen molar-refractivity contribution in [3.05, 3.63) is 35.2 Å². The summed E-state index contributed by atoms with van der Waals surface area (Å²) in [5.41, 5.74) is 0.771. The topological polar surface area (TPSA) is 75.3 Å². The normalized spacial score (nSPS) is 19.8. The fourth-order valence-electron chi connectivity index (χ4n) is 3.34. The maximum Gasteiger partial charge on any atom is 0.391 e. The highest BCUT2D eigenvalue weighted by molar-refractivity contribution is 14.0. The Morgan fingerprint density at radius 3 is 2.63 bits per heavy atom. The number of guanidine groups is 1. The lowest BCUT2D eigenvalue weighted by atomic mass is 9.85. The summed E-state index contributed by atoms with van der Waals surface area (Å²) in [4.78, 5) is 8.48. The molecule has 0 amide bonds. The number of nitrogens with one attached hydrogen (secondary N) is 2. The van der Waals surface area contributed by atoms with Crippen LogP contribution in [0, 0.1) is 5.92 Å². The summed E-state index contributed by atoms with van der Waals surface area (Å²) in [6.07, 6.45) is -2.39. The molecule has 1 fully saturated rings. The predicted molar refractivity (Wildman–Crippen MR) is 120 cm³/mol. The predicted octanol–water partition coefficient (Wildman–Crippen LogP) is 4.84. The van der Waals surface area contributed by atoms with Gasteiger partial charge in [0.05, 0.1) is 5.92 Å². The van der Waals surface area contributed by atoms with Crippen LogP contribution in [0.5, 0.6) is 0 Å². The van der Waals surface area contributed by atoms with Gasteiger partial charge in [-0.3, -0.25) is 4.99 Å². The third-order valence-corrected chi connectivity index (χ3v) is 5.17. The highest BCUT2D eigenvalue weighted by atomic mass is 127. The lowest BCUT2D eigenvalue weighted by Gasteiger charge is -2.31. The Morgan fingerprint density at radius 1 is 1.27 bits per heavy atom. The molecular weight excluding hydrogens is 534 g/mol. The molecule has 166 valence electrons. The van der Waals surface area contributed by atoms with Gasteiger partial charge in [-0.05, 0) is 37.8 Å². The van der Waals surface area contributed by atoms with Crippen molar-refractivity contribution in [1.29, 1.82) is 0 Å². The number of hydrogen-bond donors (Lipinski definition) is 2. The quantitative estimate of drug-likeness (QED) is 0.313. The SMILES string of the molecule is CN=C(NCCc1nc(-c2cccc(Cl)c2)no1)NC1CCC(C(F)(F)F)CC1.I. The van der Waals surface area contributed by atoms with Crippen LogP contribution in [0.3, 0.4) is 0 Å². The van der Waals surface area contributed by atoms with Gasteiger partial charge in [-0.1, -0.05) is 28.9 Å². The molecule has 2 aromatic rings. The van der Waals surface area contributed by atoms with Crippen molar-refractivity contribution in [1.82, 2.24) is 20.8 Å². The van der Waals surface area contributed by atoms with Gasteiger partial charge in [-0.2, -0.15) is 18.2 Å². The van der Waals surface area contributed by atoms with Crippen LogP contribution >= 0.6 is 35.6 Å². The molecule has 0 spiro atoms. The average Bonchev–Trinajstić information content (AvgIpc) is 3.16. The number of hydrogen-bond acceptors (Lipinski definition) is 4. The molecule has 30 heavy (non-hydrogen) atoms. The van der Waals surface area contributed by atoms with Crippen LogP contribution in [0.1, 0.15) is 31.6 Å². The number of aromatic nitrogens is 2. The molecule has 0 unspecified atom stereocenters. The molecule has 1 aliphatic rings. The standard InChI is InChI=1S/C19H23ClF3N5O.HI/c1-24-18(26-15-7-5-13(6-8-15)19(21,22)23)25-10-9-16-27-17(28-29-16)12-3-2-4-14(20)11-12;/h2-4,11,13,15H,5-10H2,1H3,(H2,24,25,26);1H. The Labute approximate surface area is 195 Å². The maximum atomic E-state index is 12.8. The molecule has 1 aromatic heterocycles. The van der Waals surface area contributed by atoms with Crippen molar-refractivity contribution in [2.24, 2.45) is 10.9 Å².